The van der Waals surface area contributed by atoms with Crippen LogP contribution in [0.1, 0.15) is 48.4 Å². The maximum atomic E-state index is 10.8. The molecular weight excluding hydrogens is 256 g/mol. The van der Waals surface area contributed by atoms with Crippen LogP contribution in [0.2, 0.25) is 0 Å². The molecule has 1 aliphatic rings. The van der Waals surface area contributed by atoms with Gasteiger partial charge in [0.1, 0.15) is 0 Å². The summed E-state index contributed by atoms with van der Waals surface area (Å²) in [5, 5.41) is 17.1. The number of benzene rings is 1. The number of carboxylic acids is 1. The van der Waals surface area contributed by atoms with Crippen molar-refractivity contribution in [2.75, 3.05) is 0 Å². The van der Waals surface area contributed by atoms with Gasteiger partial charge in [0.2, 0.25) is 11.8 Å². The molecule has 1 fully saturated rings. The molecule has 5 nitrogen and oxygen atoms in total. The topological polar surface area (TPSA) is 76.2 Å². The molecule has 0 bridgehead atoms. The first-order valence-electron chi connectivity index (χ1n) is 6.82. The summed E-state index contributed by atoms with van der Waals surface area (Å²) in [7, 11) is 0. The zero-order valence-corrected chi connectivity index (χ0v) is 11.2. The Morgan fingerprint density at radius 3 is 2.60 bits per heavy atom. The van der Waals surface area contributed by atoms with E-state index in [0.29, 0.717) is 23.6 Å². The third kappa shape index (κ3) is 2.31. The number of carboxylic acid groups (broad SMARTS) is 1. The number of aromatic nitrogens is 2. The summed E-state index contributed by atoms with van der Waals surface area (Å²) in [4.78, 5) is 10.8. The van der Waals surface area contributed by atoms with E-state index in [1.54, 1.807) is 24.3 Å². The fraction of sp³-hybridized carbons (Fsp3) is 0.400. The lowest BCUT2D eigenvalue weighted by molar-refractivity contribution is 0.0697. The SMILES string of the molecule is CC1CCCC1c1nnc(-c2ccc(C(=O)O)cc2)o1. The minimum absolute atomic E-state index is 0.248. The Morgan fingerprint density at radius 2 is 2.00 bits per heavy atom. The molecule has 2 aromatic rings. The maximum absolute atomic E-state index is 10.8. The van der Waals surface area contributed by atoms with Gasteiger partial charge in [0.25, 0.3) is 0 Å². The quantitative estimate of drug-likeness (QED) is 0.927. The van der Waals surface area contributed by atoms with Gasteiger partial charge in [-0.3, -0.25) is 0 Å². The zero-order valence-electron chi connectivity index (χ0n) is 11.2. The lowest BCUT2D eigenvalue weighted by atomic mass is 9.98. The van der Waals surface area contributed by atoms with Crippen LogP contribution in [0, 0.1) is 5.92 Å². The first kappa shape index (κ1) is 12.8. The normalized spacial score (nSPS) is 22.1. The van der Waals surface area contributed by atoms with Crippen LogP contribution in [0.5, 0.6) is 0 Å². The molecule has 0 aliphatic heterocycles. The van der Waals surface area contributed by atoms with Crippen molar-refractivity contribution < 1.29 is 14.3 Å². The predicted octanol–water partition coefficient (Wildman–Crippen LogP) is 3.34. The van der Waals surface area contributed by atoms with E-state index in [4.69, 9.17) is 9.52 Å². The highest BCUT2D eigenvalue weighted by molar-refractivity contribution is 5.88. The molecular formula is C15H16N2O3. The highest BCUT2D eigenvalue weighted by Gasteiger charge is 2.29. The van der Waals surface area contributed by atoms with Crippen molar-refractivity contribution in [2.24, 2.45) is 5.92 Å². The number of carbonyl (C=O) groups is 1. The van der Waals surface area contributed by atoms with Gasteiger partial charge in [0, 0.05) is 11.5 Å². The third-order valence-corrected chi connectivity index (χ3v) is 4.00. The molecule has 3 rings (SSSR count). The average Bonchev–Trinajstić information content (AvgIpc) is 3.07. The molecule has 0 amide bonds. The Kier molecular flexibility index (Phi) is 3.26. The van der Waals surface area contributed by atoms with Gasteiger partial charge in [-0.1, -0.05) is 13.3 Å². The van der Waals surface area contributed by atoms with Crippen LogP contribution in [-0.2, 0) is 0 Å². The maximum Gasteiger partial charge on any atom is 0.335 e. The van der Waals surface area contributed by atoms with Gasteiger partial charge >= 0.3 is 5.97 Å². The van der Waals surface area contributed by atoms with Gasteiger partial charge in [-0.2, -0.15) is 0 Å². The lowest BCUT2D eigenvalue weighted by Crippen LogP contribution is -2.01. The van der Waals surface area contributed by atoms with Crippen molar-refractivity contribution >= 4 is 5.97 Å². The van der Waals surface area contributed by atoms with Crippen molar-refractivity contribution in [2.45, 2.75) is 32.1 Å². The van der Waals surface area contributed by atoms with Gasteiger partial charge < -0.3 is 9.52 Å². The van der Waals surface area contributed by atoms with Crippen LogP contribution >= 0.6 is 0 Å². The predicted molar refractivity (Wildman–Crippen MR) is 72.4 cm³/mol. The second-order valence-corrected chi connectivity index (χ2v) is 5.34. The summed E-state index contributed by atoms with van der Waals surface area (Å²) in [5.74, 6) is 1.15. The molecule has 5 heteroatoms. The smallest absolute Gasteiger partial charge is 0.335 e. The monoisotopic (exact) mass is 272 g/mol. The van der Waals surface area contributed by atoms with Crippen molar-refractivity contribution in [3.63, 3.8) is 0 Å². The van der Waals surface area contributed by atoms with Crippen LogP contribution in [0.4, 0.5) is 0 Å². The number of nitrogens with zero attached hydrogens (tertiary/aromatic N) is 2. The minimum Gasteiger partial charge on any atom is -0.478 e. The van der Waals surface area contributed by atoms with E-state index in [-0.39, 0.29) is 5.56 Å². The fourth-order valence-corrected chi connectivity index (χ4v) is 2.77. The molecule has 104 valence electrons. The second kappa shape index (κ2) is 5.07. The highest BCUT2D eigenvalue weighted by Crippen LogP contribution is 2.39. The van der Waals surface area contributed by atoms with Crippen LogP contribution in [0.25, 0.3) is 11.5 Å². The molecule has 0 saturated heterocycles. The molecule has 1 aromatic heterocycles. The van der Waals surface area contributed by atoms with E-state index in [2.05, 4.69) is 17.1 Å². The Morgan fingerprint density at radius 1 is 1.25 bits per heavy atom. The minimum atomic E-state index is -0.942. The summed E-state index contributed by atoms with van der Waals surface area (Å²) >= 11 is 0. The molecule has 1 saturated carbocycles. The van der Waals surface area contributed by atoms with Crippen molar-refractivity contribution in [1.29, 1.82) is 0 Å². The summed E-state index contributed by atoms with van der Waals surface area (Å²) in [6.07, 6.45) is 3.51. The largest absolute Gasteiger partial charge is 0.478 e. The third-order valence-electron chi connectivity index (χ3n) is 4.00. The fourth-order valence-electron chi connectivity index (χ4n) is 2.77. The summed E-state index contributed by atoms with van der Waals surface area (Å²) in [5.41, 5.74) is 0.998. The molecule has 1 aromatic carbocycles. The Hall–Kier alpha value is -2.17. The first-order valence-corrected chi connectivity index (χ1v) is 6.82. The van der Waals surface area contributed by atoms with E-state index in [1.807, 2.05) is 0 Å². The van der Waals surface area contributed by atoms with Crippen LogP contribution in [0.15, 0.2) is 28.7 Å². The Labute approximate surface area is 116 Å². The highest BCUT2D eigenvalue weighted by atomic mass is 16.4. The van der Waals surface area contributed by atoms with Crippen LogP contribution in [-0.4, -0.2) is 21.3 Å². The van der Waals surface area contributed by atoms with Crippen molar-refractivity contribution in [3.05, 3.63) is 35.7 Å². The number of hydrogen-bond donors (Lipinski definition) is 1. The van der Waals surface area contributed by atoms with Gasteiger partial charge in [-0.15, -0.1) is 10.2 Å². The summed E-state index contributed by atoms with van der Waals surface area (Å²) < 4.78 is 5.75. The van der Waals surface area contributed by atoms with E-state index in [9.17, 15) is 4.79 Å². The summed E-state index contributed by atoms with van der Waals surface area (Å²) in [6, 6.07) is 6.47. The number of aromatic carboxylic acids is 1. The molecule has 2 atom stereocenters. The molecule has 20 heavy (non-hydrogen) atoms. The zero-order chi connectivity index (χ0) is 14.1. The number of rotatable bonds is 3. The summed E-state index contributed by atoms with van der Waals surface area (Å²) in [6.45, 7) is 2.21. The van der Waals surface area contributed by atoms with E-state index < -0.39 is 5.97 Å². The van der Waals surface area contributed by atoms with Crippen molar-refractivity contribution in [3.8, 4) is 11.5 Å². The van der Waals surface area contributed by atoms with E-state index in [1.165, 1.54) is 12.8 Å². The lowest BCUT2D eigenvalue weighted by Gasteiger charge is -2.09. The standard InChI is InChI=1S/C15H16N2O3/c1-9-3-2-4-12(9)14-17-16-13(20-14)10-5-7-11(8-6-10)15(18)19/h5-9,12H,2-4H2,1H3,(H,18,19). The Bertz CT molecular complexity index is 618. The van der Waals surface area contributed by atoms with E-state index in [0.717, 1.165) is 12.0 Å². The van der Waals surface area contributed by atoms with Gasteiger partial charge in [0.15, 0.2) is 0 Å². The molecule has 2 unspecified atom stereocenters. The average molecular weight is 272 g/mol. The molecule has 0 spiro atoms. The molecule has 1 aliphatic carbocycles. The van der Waals surface area contributed by atoms with Crippen LogP contribution < -0.4 is 0 Å². The van der Waals surface area contributed by atoms with Crippen molar-refractivity contribution in [1.82, 2.24) is 10.2 Å². The Balaban J connectivity index is 1.84. The van der Waals surface area contributed by atoms with Gasteiger partial charge in [-0.25, -0.2) is 4.79 Å². The number of hydrogen-bond acceptors (Lipinski definition) is 4. The first-order chi connectivity index (χ1) is 9.65. The second-order valence-electron chi connectivity index (χ2n) is 5.34. The molecule has 0 radical (unpaired) electrons. The van der Waals surface area contributed by atoms with Crippen LogP contribution in [0.3, 0.4) is 0 Å². The van der Waals surface area contributed by atoms with Gasteiger partial charge in [-0.05, 0) is 43.0 Å². The van der Waals surface area contributed by atoms with E-state index >= 15 is 0 Å². The molecule has 1 heterocycles. The molecule has 1 N–H and O–H groups in total. The van der Waals surface area contributed by atoms with Gasteiger partial charge in [0.05, 0.1) is 5.56 Å².